The highest BCUT2D eigenvalue weighted by molar-refractivity contribution is 5.83. The van der Waals surface area contributed by atoms with Crippen molar-refractivity contribution in [1.82, 2.24) is 10.2 Å². The van der Waals surface area contributed by atoms with Crippen molar-refractivity contribution in [3.05, 3.63) is 0 Å². The average molecular weight is 256 g/mol. The molecule has 1 N–H and O–H groups in total. The van der Waals surface area contributed by atoms with Crippen molar-refractivity contribution in [1.29, 1.82) is 0 Å². The number of rotatable bonds is 4. The van der Waals surface area contributed by atoms with Crippen molar-refractivity contribution < 1.29 is 14.3 Å². The molecule has 0 aromatic carbocycles. The lowest BCUT2D eigenvalue weighted by Gasteiger charge is -2.38. The molecule has 104 valence electrons. The largest absolute Gasteiger partial charge is 0.384 e. The number of amides is 1. The van der Waals surface area contributed by atoms with Crippen LogP contribution in [-0.4, -0.2) is 63.4 Å². The standard InChI is InChI=1S/C13H24N2O3/c1-3-11-8-15(6-7-18-11)12(16)13(10-17-2)4-5-14-9-13/h11,14H,3-10H2,1-2H3. The SMILES string of the molecule is CCC1CN(C(=O)C2(COC)CCNC2)CCO1. The highest BCUT2D eigenvalue weighted by Gasteiger charge is 2.44. The van der Waals surface area contributed by atoms with E-state index < -0.39 is 0 Å². The first-order valence-electron chi connectivity index (χ1n) is 6.82. The highest BCUT2D eigenvalue weighted by atomic mass is 16.5. The van der Waals surface area contributed by atoms with Crippen LogP contribution in [0.15, 0.2) is 0 Å². The molecule has 5 heteroatoms. The van der Waals surface area contributed by atoms with Gasteiger partial charge in [-0.25, -0.2) is 0 Å². The van der Waals surface area contributed by atoms with Gasteiger partial charge in [-0.2, -0.15) is 0 Å². The molecule has 0 radical (unpaired) electrons. The third-order valence-electron chi connectivity index (χ3n) is 4.00. The molecule has 0 saturated carbocycles. The van der Waals surface area contributed by atoms with Gasteiger partial charge in [0.1, 0.15) is 0 Å². The minimum absolute atomic E-state index is 0.191. The van der Waals surface area contributed by atoms with Gasteiger partial charge >= 0.3 is 0 Å². The predicted octanol–water partition coefficient (Wildman–Crippen LogP) is 0.250. The van der Waals surface area contributed by atoms with Gasteiger partial charge in [0.15, 0.2) is 0 Å². The Morgan fingerprint density at radius 3 is 3.06 bits per heavy atom. The lowest BCUT2D eigenvalue weighted by atomic mass is 9.86. The van der Waals surface area contributed by atoms with Gasteiger partial charge in [-0.1, -0.05) is 6.92 Å². The Morgan fingerprint density at radius 2 is 2.44 bits per heavy atom. The summed E-state index contributed by atoms with van der Waals surface area (Å²) in [7, 11) is 1.67. The maximum Gasteiger partial charge on any atom is 0.232 e. The number of carbonyl (C=O) groups excluding carboxylic acids is 1. The molecular weight excluding hydrogens is 232 g/mol. The number of carbonyl (C=O) groups is 1. The van der Waals surface area contributed by atoms with Crippen molar-refractivity contribution >= 4 is 5.91 Å². The molecule has 2 aliphatic heterocycles. The molecule has 0 spiro atoms. The molecule has 2 fully saturated rings. The van der Waals surface area contributed by atoms with Crippen LogP contribution in [0.5, 0.6) is 0 Å². The molecule has 2 heterocycles. The molecule has 2 atom stereocenters. The summed E-state index contributed by atoms with van der Waals surface area (Å²) in [6.07, 6.45) is 2.02. The van der Waals surface area contributed by atoms with Gasteiger partial charge < -0.3 is 19.7 Å². The number of nitrogens with one attached hydrogen (secondary N) is 1. The molecule has 0 aromatic rings. The zero-order valence-corrected chi connectivity index (χ0v) is 11.4. The first-order valence-corrected chi connectivity index (χ1v) is 6.82. The van der Waals surface area contributed by atoms with E-state index in [4.69, 9.17) is 9.47 Å². The monoisotopic (exact) mass is 256 g/mol. The Morgan fingerprint density at radius 1 is 1.61 bits per heavy atom. The normalized spacial score (nSPS) is 32.8. The lowest BCUT2D eigenvalue weighted by molar-refractivity contribution is -0.151. The lowest BCUT2D eigenvalue weighted by Crippen LogP contribution is -2.53. The Hall–Kier alpha value is -0.650. The van der Waals surface area contributed by atoms with E-state index in [0.717, 1.165) is 32.5 Å². The summed E-state index contributed by atoms with van der Waals surface area (Å²) in [6, 6.07) is 0. The molecular formula is C13H24N2O3. The summed E-state index contributed by atoms with van der Waals surface area (Å²) in [5.74, 6) is 0.233. The highest BCUT2D eigenvalue weighted by Crippen LogP contribution is 2.29. The number of methoxy groups -OCH3 is 1. The molecule has 2 saturated heterocycles. The van der Waals surface area contributed by atoms with Gasteiger partial charge in [0.2, 0.25) is 5.91 Å². The molecule has 0 aromatic heterocycles. The fourth-order valence-electron chi connectivity index (χ4n) is 2.87. The molecule has 1 amide bonds. The third-order valence-corrected chi connectivity index (χ3v) is 4.00. The van der Waals surface area contributed by atoms with Crippen LogP contribution < -0.4 is 5.32 Å². The fraction of sp³-hybridized carbons (Fsp3) is 0.923. The van der Waals surface area contributed by atoms with Gasteiger partial charge in [-0.3, -0.25) is 4.79 Å². The summed E-state index contributed by atoms with van der Waals surface area (Å²) in [5.41, 5.74) is -0.357. The number of hydrogen-bond acceptors (Lipinski definition) is 4. The number of nitrogens with zero attached hydrogens (tertiary/aromatic N) is 1. The molecule has 0 bridgehead atoms. The van der Waals surface area contributed by atoms with Crippen LogP contribution in [0.25, 0.3) is 0 Å². The van der Waals surface area contributed by atoms with Crippen LogP contribution in [0.4, 0.5) is 0 Å². The van der Waals surface area contributed by atoms with E-state index in [0.29, 0.717) is 19.8 Å². The molecule has 2 aliphatic rings. The summed E-state index contributed by atoms with van der Waals surface area (Å²) < 4.78 is 10.9. The van der Waals surface area contributed by atoms with Crippen LogP contribution in [0.1, 0.15) is 19.8 Å². The maximum atomic E-state index is 12.7. The second-order valence-corrected chi connectivity index (χ2v) is 5.29. The summed E-state index contributed by atoms with van der Waals surface area (Å²) in [6.45, 7) is 6.32. The summed E-state index contributed by atoms with van der Waals surface area (Å²) in [4.78, 5) is 14.7. The topological polar surface area (TPSA) is 50.8 Å². The van der Waals surface area contributed by atoms with Crippen LogP contribution in [0, 0.1) is 5.41 Å². The van der Waals surface area contributed by atoms with Gasteiger partial charge in [0.05, 0.1) is 24.7 Å². The van der Waals surface area contributed by atoms with E-state index in [-0.39, 0.29) is 17.4 Å². The van der Waals surface area contributed by atoms with E-state index in [2.05, 4.69) is 12.2 Å². The molecule has 18 heavy (non-hydrogen) atoms. The number of ether oxygens (including phenoxy) is 2. The average Bonchev–Trinajstić information content (AvgIpc) is 2.88. The third kappa shape index (κ3) is 2.68. The van der Waals surface area contributed by atoms with Crippen molar-refractivity contribution in [3.63, 3.8) is 0 Å². The predicted molar refractivity (Wildman–Crippen MR) is 68.4 cm³/mol. The summed E-state index contributed by atoms with van der Waals surface area (Å²) >= 11 is 0. The molecule has 2 rings (SSSR count). The van der Waals surface area contributed by atoms with E-state index in [1.54, 1.807) is 7.11 Å². The van der Waals surface area contributed by atoms with Crippen LogP contribution >= 0.6 is 0 Å². The van der Waals surface area contributed by atoms with Crippen molar-refractivity contribution in [2.45, 2.75) is 25.9 Å². The van der Waals surface area contributed by atoms with Gasteiger partial charge in [0, 0.05) is 26.7 Å². The van der Waals surface area contributed by atoms with Crippen molar-refractivity contribution in [3.8, 4) is 0 Å². The second-order valence-electron chi connectivity index (χ2n) is 5.29. The smallest absolute Gasteiger partial charge is 0.232 e. The van der Waals surface area contributed by atoms with E-state index in [1.165, 1.54) is 0 Å². The zero-order valence-electron chi connectivity index (χ0n) is 11.4. The van der Waals surface area contributed by atoms with E-state index in [9.17, 15) is 4.79 Å². The van der Waals surface area contributed by atoms with Crippen molar-refractivity contribution in [2.24, 2.45) is 5.41 Å². The van der Waals surface area contributed by atoms with Gasteiger partial charge in [-0.05, 0) is 19.4 Å². The van der Waals surface area contributed by atoms with Crippen LogP contribution in [-0.2, 0) is 14.3 Å². The maximum absolute atomic E-state index is 12.7. The van der Waals surface area contributed by atoms with Crippen molar-refractivity contribution in [2.75, 3.05) is 46.5 Å². The minimum Gasteiger partial charge on any atom is -0.384 e. The molecule has 5 nitrogen and oxygen atoms in total. The quantitative estimate of drug-likeness (QED) is 0.783. The molecule has 0 aliphatic carbocycles. The van der Waals surface area contributed by atoms with E-state index >= 15 is 0 Å². The van der Waals surface area contributed by atoms with Gasteiger partial charge in [0.25, 0.3) is 0 Å². The minimum atomic E-state index is -0.357. The number of hydrogen-bond donors (Lipinski definition) is 1. The van der Waals surface area contributed by atoms with Gasteiger partial charge in [-0.15, -0.1) is 0 Å². The van der Waals surface area contributed by atoms with Crippen LogP contribution in [0.3, 0.4) is 0 Å². The Balaban J connectivity index is 2.04. The first kappa shape index (κ1) is 13.8. The second kappa shape index (κ2) is 5.99. The zero-order chi connectivity index (χ0) is 13.0. The summed E-state index contributed by atoms with van der Waals surface area (Å²) in [5, 5.41) is 3.28. The molecule has 2 unspecified atom stereocenters. The van der Waals surface area contributed by atoms with E-state index in [1.807, 2.05) is 4.90 Å². The van der Waals surface area contributed by atoms with Crippen LogP contribution in [0.2, 0.25) is 0 Å². The Kier molecular flexibility index (Phi) is 4.59. The Bertz CT molecular complexity index is 290. The Labute approximate surface area is 109 Å². The number of morpholine rings is 1. The first-order chi connectivity index (χ1) is 8.72. The fourth-order valence-corrected chi connectivity index (χ4v) is 2.87.